The molecule has 0 spiro atoms. The van der Waals surface area contributed by atoms with Gasteiger partial charge in [0.2, 0.25) is 10.0 Å². The normalized spacial score (nSPS) is 15.4. The van der Waals surface area contributed by atoms with Crippen molar-refractivity contribution in [3.8, 4) is 5.75 Å². The fourth-order valence-electron chi connectivity index (χ4n) is 3.10. The fraction of sp³-hybridized carbons (Fsp3) is 0.421. The molecule has 0 unspecified atom stereocenters. The average Bonchev–Trinajstić information content (AvgIpc) is 3.18. The number of methoxy groups -OCH3 is 1. The van der Waals surface area contributed by atoms with Crippen molar-refractivity contribution in [2.45, 2.75) is 29.9 Å². The van der Waals surface area contributed by atoms with Crippen LogP contribution in [0.3, 0.4) is 0 Å². The highest BCUT2D eigenvalue weighted by atomic mass is 32.2. The summed E-state index contributed by atoms with van der Waals surface area (Å²) in [6, 6.07) is 7.84. The summed E-state index contributed by atoms with van der Waals surface area (Å²) in [6.07, 6.45) is 4.70. The van der Waals surface area contributed by atoms with E-state index in [-0.39, 0.29) is 16.3 Å². The zero-order valence-corrected chi connectivity index (χ0v) is 17.6. The van der Waals surface area contributed by atoms with Gasteiger partial charge in [-0.3, -0.25) is 4.79 Å². The molecule has 1 fully saturated rings. The molecular weight excluding hydrogens is 400 g/mol. The van der Waals surface area contributed by atoms with Gasteiger partial charge in [0.05, 0.1) is 23.4 Å². The number of nitrogens with one attached hydrogen (secondary N) is 1. The highest BCUT2D eigenvalue weighted by Gasteiger charge is 2.27. The summed E-state index contributed by atoms with van der Waals surface area (Å²) in [7, 11) is -2.15. The molecule has 152 valence electrons. The van der Waals surface area contributed by atoms with Gasteiger partial charge in [-0.2, -0.15) is 16.1 Å². The Morgan fingerprint density at radius 3 is 2.64 bits per heavy atom. The van der Waals surface area contributed by atoms with E-state index >= 15 is 0 Å². The first-order valence-electron chi connectivity index (χ1n) is 9.03. The van der Waals surface area contributed by atoms with E-state index in [0.29, 0.717) is 30.4 Å². The van der Waals surface area contributed by atoms with Crippen LogP contribution in [0.5, 0.6) is 5.75 Å². The molecule has 1 aromatic carbocycles. The van der Waals surface area contributed by atoms with Crippen molar-refractivity contribution < 1.29 is 22.4 Å². The lowest BCUT2D eigenvalue weighted by Crippen LogP contribution is -2.35. The second-order valence-electron chi connectivity index (χ2n) is 6.48. The van der Waals surface area contributed by atoms with Gasteiger partial charge >= 0.3 is 0 Å². The first-order chi connectivity index (χ1) is 13.5. The Bertz CT molecular complexity index is 934. The largest absolute Gasteiger partial charge is 0.495 e. The number of benzene rings is 1. The molecule has 1 aliphatic heterocycles. The number of carbonyl (C=O) groups is 1. The van der Waals surface area contributed by atoms with E-state index in [1.54, 1.807) is 30.0 Å². The van der Waals surface area contributed by atoms with Gasteiger partial charge in [0, 0.05) is 13.1 Å². The maximum Gasteiger partial charge on any atom is 0.291 e. The smallest absolute Gasteiger partial charge is 0.291 e. The standard InChI is InChI=1S/C19H24N2O5S2/c1-25-17-9-7-15(28(23,24)21-10-4-3-5-11-21)12-16(17)20-19(22)18-8-6-14(26-18)13-27-2/h6-9,12H,3-5,10-11,13H2,1-2H3,(H,20,22). The van der Waals surface area contributed by atoms with Gasteiger partial charge in [-0.15, -0.1) is 0 Å². The molecular formula is C19H24N2O5S2. The van der Waals surface area contributed by atoms with Gasteiger partial charge in [-0.25, -0.2) is 8.42 Å². The number of amides is 1. The number of hydrogen-bond donors (Lipinski definition) is 1. The highest BCUT2D eigenvalue weighted by molar-refractivity contribution is 7.97. The van der Waals surface area contributed by atoms with Crippen LogP contribution in [-0.4, -0.2) is 45.1 Å². The van der Waals surface area contributed by atoms with E-state index in [4.69, 9.17) is 9.15 Å². The lowest BCUT2D eigenvalue weighted by molar-refractivity contribution is 0.0995. The van der Waals surface area contributed by atoms with Gasteiger partial charge < -0.3 is 14.5 Å². The Hall–Kier alpha value is -1.97. The zero-order valence-electron chi connectivity index (χ0n) is 15.9. The monoisotopic (exact) mass is 424 g/mol. The quantitative estimate of drug-likeness (QED) is 0.731. The van der Waals surface area contributed by atoms with Crippen LogP contribution in [-0.2, 0) is 15.8 Å². The minimum absolute atomic E-state index is 0.132. The number of carbonyl (C=O) groups excluding carboxylic acids is 1. The Kier molecular flexibility index (Phi) is 6.69. The molecule has 2 heterocycles. The molecule has 1 aliphatic rings. The van der Waals surface area contributed by atoms with E-state index in [9.17, 15) is 13.2 Å². The molecule has 1 saturated heterocycles. The van der Waals surface area contributed by atoms with Crippen molar-refractivity contribution >= 4 is 33.4 Å². The van der Waals surface area contributed by atoms with Crippen molar-refractivity contribution in [2.75, 3.05) is 31.8 Å². The molecule has 1 N–H and O–H groups in total. The number of rotatable bonds is 7. The number of thioether (sulfide) groups is 1. The number of anilines is 1. The van der Waals surface area contributed by atoms with Crippen molar-refractivity contribution in [2.24, 2.45) is 0 Å². The van der Waals surface area contributed by atoms with Crippen molar-refractivity contribution in [1.82, 2.24) is 4.31 Å². The maximum atomic E-state index is 12.9. The summed E-state index contributed by atoms with van der Waals surface area (Å²) in [5.74, 6) is 1.45. The average molecular weight is 425 g/mol. The number of hydrogen-bond acceptors (Lipinski definition) is 6. The summed E-state index contributed by atoms with van der Waals surface area (Å²) in [5.41, 5.74) is 0.286. The van der Waals surface area contributed by atoms with Crippen LogP contribution in [0.1, 0.15) is 35.6 Å². The van der Waals surface area contributed by atoms with Gasteiger partial charge in [0.1, 0.15) is 11.5 Å². The molecule has 9 heteroatoms. The lowest BCUT2D eigenvalue weighted by Gasteiger charge is -2.26. The molecule has 0 radical (unpaired) electrons. The van der Waals surface area contributed by atoms with Gasteiger partial charge in [0.25, 0.3) is 5.91 Å². The zero-order chi connectivity index (χ0) is 20.1. The molecule has 28 heavy (non-hydrogen) atoms. The van der Waals surface area contributed by atoms with Crippen LogP contribution >= 0.6 is 11.8 Å². The highest BCUT2D eigenvalue weighted by Crippen LogP contribution is 2.30. The third-order valence-electron chi connectivity index (χ3n) is 4.54. The van der Waals surface area contributed by atoms with Crippen molar-refractivity contribution in [3.05, 3.63) is 41.9 Å². The summed E-state index contributed by atoms with van der Waals surface area (Å²) >= 11 is 1.59. The number of piperidine rings is 1. The van der Waals surface area contributed by atoms with Crippen LogP contribution in [0.4, 0.5) is 5.69 Å². The van der Waals surface area contributed by atoms with E-state index < -0.39 is 15.9 Å². The Labute approximate surface area is 169 Å². The molecule has 7 nitrogen and oxygen atoms in total. The molecule has 1 amide bonds. The summed E-state index contributed by atoms with van der Waals surface area (Å²) < 4.78 is 38.1. The van der Waals surface area contributed by atoms with E-state index in [1.165, 1.54) is 23.5 Å². The Morgan fingerprint density at radius 1 is 1.21 bits per heavy atom. The second kappa shape index (κ2) is 9.02. The minimum atomic E-state index is -3.61. The first-order valence-corrected chi connectivity index (χ1v) is 11.9. The van der Waals surface area contributed by atoms with E-state index in [1.807, 2.05) is 6.26 Å². The number of furan rings is 1. The van der Waals surface area contributed by atoms with Crippen molar-refractivity contribution in [1.29, 1.82) is 0 Å². The number of ether oxygens (including phenoxy) is 1. The lowest BCUT2D eigenvalue weighted by atomic mass is 10.2. The molecule has 0 atom stereocenters. The SMILES string of the molecule is COc1ccc(S(=O)(=O)N2CCCCC2)cc1NC(=O)c1ccc(CSC)o1. The van der Waals surface area contributed by atoms with Gasteiger partial charge in [0.15, 0.2) is 5.76 Å². The maximum absolute atomic E-state index is 12.9. The third-order valence-corrected chi connectivity index (χ3v) is 7.01. The van der Waals surface area contributed by atoms with Crippen LogP contribution in [0.15, 0.2) is 39.6 Å². The summed E-state index contributed by atoms with van der Waals surface area (Å²) in [5, 5.41) is 2.70. The topological polar surface area (TPSA) is 88.9 Å². The Balaban J connectivity index is 1.85. The Morgan fingerprint density at radius 2 is 1.96 bits per heavy atom. The first kappa shape index (κ1) is 20.8. The van der Waals surface area contributed by atoms with Crippen LogP contribution < -0.4 is 10.1 Å². The van der Waals surface area contributed by atoms with E-state index in [2.05, 4.69) is 5.32 Å². The summed E-state index contributed by atoms with van der Waals surface area (Å²) in [6.45, 7) is 1.03. The number of sulfonamides is 1. The predicted molar refractivity (Wildman–Crippen MR) is 109 cm³/mol. The molecule has 2 aromatic rings. The molecule has 3 rings (SSSR count). The van der Waals surface area contributed by atoms with Crippen LogP contribution in [0.25, 0.3) is 0 Å². The van der Waals surface area contributed by atoms with E-state index in [0.717, 1.165) is 19.3 Å². The van der Waals surface area contributed by atoms with Crippen LogP contribution in [0.2, 0.25) is 0 Å². The van der Waals surface area contributed by atoms with Gasteiger partial charge in [-0.1, -0.05) is 6.42 Å². The predicted octanol–water partition coefficient (Wildman–Crippen LogP) is 3.58. The van der Waals surface area contributed by atoms with Gasteiger partial charge in [-0.05, 0) is 49.4 Å². The summed E-state index contributed by atoms with van der Waals surface area (Å²) in [4.78, 5) is 12.7. The second-order valence-corrected chi connectivity index (χ2v) is 9.28. The third kappa shape index (κ3) is 4.53. The molecule has 1 aromatic heterocycles. The number of nitrogens with zero attached hydrogens (tertiary/aromatic N) is 1. The molecule has 0 bridgehead atoms. The van der Waals surface area contributed by atoms with Crippen molar-refractivity contribution in [3.63, 3.8) is 0 Å². The molecule has 0 aliphatic carbocycles. The fourth-order valence-corrected chi connectivity index (χ4v) is 5.09. The van der Waals surface area contributed by atoms with Crippen LogP contribution in [0, 0.1) is 0 Å². The molecule has 0 saturated carbocycles. The minimum Gasteiger partial charge on any atom is -0.495 e.